The van der Waals surface area contributed by atoms with Gasteiger partial charge in [0.15, 0.2) is 0 Å². The predicted molar refractivity (Wildman–Crippen MR) is 55.1 cm³/mol. The molecule has 82 valence electrons. The number of aliphatic hydroxyl groups is 1. The van der Waals surface area contributed by atoms with Crippen molar-refractivity contribution in [1.29, 1.82) is 0 Å². The van der Waals surface area contributed by atoms with Crippen molar-refractivity contribution in [1.82, 2.24) is 0 Å². The van der Waals surface area contributed by atoms with E-state index in [0.29, 0.717) is 13.0 Å². The van der Waals surface area contributed by atoms with Gasteiger partial charge in [0, 0.05) is 26.6 Å². The summed E-state index contributed by atoms with van der Waals surface area (Å²) in [5.74, 6) is 0.524. The molecule has 14 heavy (non-hydrogen) atoms. The fraction of sp³-hybridized carbons (Fsp3) is 0.818. The van der Waals surface area contributed by atoms with E-state index >= 15 is 0 Å². The van der Waals surface area contributed by atoms with Crippen LogP contribution in [0.15, 0.2) is 12.7 Å². The Kier molecular flexibility index (Phi) is 4.58. The molecule has 0 aromatic rings. The van der Waals surface area contributed by atoms with Crippen LogP contribution in [-0.2, 0) is 9.47 Å². The van der Waals surface area contributed by atoms with Crippen LogP contribution in [0.4, 0.5) is 0 Å². The highest BCUT2D eigenvalue weighted by molar-refractivity contribution is 4.94. The molecule has 1 aliphatic carbocycles. The standard InChI is InChI=1S/C11H20O3/c1-4-5-8-9(7-13-2)11(14-3)6-10(8)12/h4,8-12H,1,5-7H2,2-3H3/t8-,9-,10+,11-/m1/s1. The molecule has 1 rings (SSSR count). The molecule has 0 heterocycles. The molecular formula is C11H20O3. The van der Waals surface area contributed by atoms with Crippen LogP contribution in [0.1, 0.15) is 12.8 Å². The van der Waals surface area contributed by atoms with Crippen LogP contribution >= 0.6 is 0 Å². The Balaban J connectivity index is 2.64. The van der Waals surface area contributed by atoms with Crippen LogP contribution in [-0.4, -0.2) is 38.1 Å². The van der Waals surface area contributed by atoms with Crippen molar-refractivity contribution >= 4 is 0 Å². The normalized spacial score (nSPS) is 37.4. The molecule has 0 aliphatic heterocycles. The third-order valence-corrected chi connectivity index (χ3v) is 3.10. The van der Waals surface area contributed by atoms with Crippen LogP contribution < -0.4 is 0 Å². The van der Waals surface area contributed by atoms with Crippen LogP contribution in [0, 0.1) is 11.8 Å². The number of allylic oxidation sites excluding steroid dienone is 1. The Hall–Kier alpha value is -0.380. The molecule has 0 radical (unpaired) electrons. The van der Waals surface area contributed by atoms with Crippen molar-refractivity contribution in [2.75, 3.05) is 20.8 Å². The lowest BCUT2D eigenvalue weighted by atomic mass is 9.91. The highest BCUT2D eigenvalue weighted by Gasteiger charge is 2.41. The number of aliphatic hydroxyl groups excluding tert-OH is 1. The first-order chi connectivity index (χ1) is 6.74. The maximum absolute atomic E-state index is 9.84. The van der Waals surface area contributed by atoms with Gasteiger partial charge in [-0.05, 0) is 12.3 Å². The molecule has 3 heteroatoms. The van der Waals surface area contributed by atoms with E-state index in [1.54, 1.807) is 14.2 Å². The summed E-state index contributed by atoms with van der Waals surface area (Å²) in [7, 11) is 3.37. The topological polar surface area (TPSA) is 38.7 Å². The van der Waals surface area contributed by atoms with Gasteiger partial charge in [0.25, 0.3) is 0 Å². The van der Waals surface area contributed by atoms with Crippen LogP contribution in [0.25, 0.3) is 0 Å². The van der Waals surface area contributed by atoms with Gasteiger partial charge in [0.05, 0.1) is 18.8 Å². The number of rotatable bonds is 5. The van der Waals surface area contributed by atoms with Crippen molar-refractivity contribution in [3.8, 4) is 0 Å². The summed E-state index contributed by atoms with van der Waals surface area (Å²) < 4.78 is 10.5. The fourth-order valence-electron chi connectivity index (χ4n) is 2.37. The summed E-state index contributed by atoms with van der Waals surface area (Å²) in [5.41, 5.74) is 0. The van der Waals surface area contributed by atoms with E-state index in [4.69, 9.17) is 9.47 Å². The number of hydrogen-bond donors (Lipinski definition) is 1. The molecule has 0 saturated heterocycles. The molecule has 4 atom stereocenters. The Labute approximate surface area is 85.7 Å². The number of hydrogen-bond acceptors (Lipinski definition) is 3. The van der Waals surface area contributed by atoms with Gasteiger partial charge in [0.2, 0.25) is 0 Å². The zero-order valence-corrected chi connectivity index (χ0v) is 8.98. The van der Waals surface area contributed by atoms with Gasteiger partial charge in [0.1, 0.15) is 0 Å². The van der Waals surface area contributed by atoms with Gasteiger partial charge in [-0.15, -0.1) is 6.58 Å². The lowest BCUT2D eigenvalue weighted by Crippen LogP contribution is -2.26. The summed E-state index contributed by atoms with van der Waals surface area (Å²) in [6, 6.07) is 0. The largest absolute Gasteiger partial charge is 0.393 e. The SMILES string of the molecule is C=CC[C@@H]1[C@@H](COC)[C@H](OC)C[C@@H]1O. The number of methoxy groups -OCH3 is 2. The van der Waals surface area contributed by atoms with Crippen molar-refractivity contribution in [2.45, 2.75) is 25.0 Å². The zero-order chi connectivity index (χ0) is 10.6. The molecule has 1 fully saturated rings. The first kappa shape index (κ1) is 11.7. The second-order valence-corrected chi connectivity index (χ2v) is 3.88. The van der Waals surface area contributed by atoms with Gasteiger partial charge >= 0.3 is 0 Å². The quantitative estimate of drug-likeness (QED) is 0.678. The molecule has 0 amide bonds. The molecular weight excluding hydrogens is 180 g/mol. The minimum Gasteiger partial charge on any atom is -0.393 e. The maximum Gasteiger partial charge on any atom is 0.0649 e. The Morgan fingerprint density at radius 2 is 2.14 bits per heavy atom. The van der Waals surface area contributed by atoms with E-state index < -0.39 is 0 Å². The summed E-state index contributed by atoms with van der Waals surface area (Å²) >= 11 is 0. The van der Waals surface area contributed by atoms with E-state index in [1.165, 1.54) is 0 Å². The molecule has 0 aromatic heterocycles. The highest BCUT2D eigenvalue weighted by atomic mass is 16.5. The van der Waals surface area contributed by atoms with E-state index in [2.05, 4.69) is 6.58 Å². The minimum atomic E-state index is -0.280. The lowest BCUT2D eigenvalue weighted by Gasteiger charge is -2.22. The zero-order valence-electron chi connectivity index (χ0n) is 8.98. The van der Waals surface area contributed by atoms with Gasteiger partial charge in [-0.1, -0.05) is 6.08 Å². The first-order valence-corrected chi connectivity index (χ1v) is 5.05. The fourth-order valence-corrected chi connectivity index (χ4v) is 2.37. The molecule has 1 N–H and O–H groups in total. The molecule has 0 bridgehead atoms. The third kappa shape index (κ3) is 2.35. The Bertz CT molecular complexity index is 181. The molecule has 1 saturated carbocycles. The van der Waals surface area contributed by atoms with E-state index in [-0.39, 0.29) is 24.0 Å². The van der Waals surface area contributed by atoms with Gasteiger partial charge in [-0.3, -0.25) is 0 Å². The average Bonchev–Trinajstić information content (AvgIpc) is 2.47. The van der Waals surface area contributed by atoms with Crippen molar-refractivity contribution in [3.63, 3.8) is 0 Å². The molecule has 0 unspecified atom stereocenters. The van der Waals surface area contributed by atoms with E-state index in [0.717, 1.165) is 6.42 Å². The lowest BCUT2D eigenvalue weighted by molar-refractivity contribution is 0.0192. The summed E-state index contributed by atoms with van der Waals surface area (Å²) in [6.45, 7) is 4.36. The van der Waals surface area contributed by atoms with Crippen LogP contribution in [0.3, 0.4) is 0 Å². The smallest absolute Gasteiger partial charge is 0.0649 e. The molecule has 1 aliphatic rings. The third-order valence-electron chi connectivity index (χ3n) is 3.10. The van der Waals surface area contributed by atoms with E-state index in [1.807, 2.05) is 6.08 Å². The second-order valence-electron chi connectivity index (χ2n) is 3.88. The van der Waals surface area contributed by atoms with E-state index in [9.17, 15) is 5.11 Å². The average molecular weight is 200 g/mol. The summed E-state index contributed by atoms with van der Waals surface area (Å²) in [5, 5.41) is 9.84. The van der Waals surface area contributed by atoms with Crippen LogP contribution in [0.5, 0.6) is 0 Å². The van der Waals surface area contributed by atoms with Gasteiger partial charge in [-0.2, -0.15) is 0 Å². The Morgan fingerprint density at radius 3 is 2.64 bits per heavy atom. The van der Waals surface area contributed by atoms with Crippen LogP contribution in [0.2, 0.25) is 0 Å². The minimum absolute atomic E-state index is 0.120. The Morgan fingerprint density at radius 1 is 1.43 bits per heavy atom. The number of ether oxygens (including phenoxy) is 2. The molecule has 3 nitrogen and oxygen atoms in total. The monoisotopic (exact) mass is 200 g/mol. The first-order valence-electron chi connectivity index (χ1n) is 5.05. The van der Waals surface area contributed by atoms with Crippen molar-refractivity contribution < 1.29 is 14.6 Å². The second kappa shape index (κ2) is 5.49. The summed E-state index contributed by atoms with van der Waals surface area (Å²) in [6.07, 6.45) is 3.24. The highest BCUT2D eigenvalue weighted by Crippen LogP contribution is 2.36. The van der Waals surface area contributed by atoms with Crippen molar-refractivity contribution in [2.24, 2.45) is 11.8 Å². The maximum atomic E-state index is 9.84. The van der Waals surface area contributed by atoms with Crippen molar-refractivity contribution in [3.05, 3.63) is 12.7 Å². The van der Waals surface area contributed by atoms with Gasteiger partial charge < -0.3 is 14.6 Å². The predicted octanol–water partition coefficient (Wildman–Crippen LogP) is 1.22. The summed E-state index contributed by atoms with van der Waals surface area (Å²) in [4.78, 5) is 0. The molecule has 0 aromatic carbocycles. The molecule has 0 spiro atoms. The van der Waals surface area contributed by atoms with Gasteiger partial charge in [-0.25, -0.2) is 0 Å².